The highest BCUT2D eigenvalue weighted by molar-refractivity contribution is 5.80. The molecule has 0 saturated heterocycles. The molecule has 1 aromatic rings. The molecule has 0 aliphatic rings. The Hall–Kier alpha value is -1.56. The number of amidine groups is 1. The zero-order chi connectivity index (χ0) is 12.1. The molecule has 1 atom stereocenters. The topological polar surface area (TPSA) is 96.7 Å². The van der Waals surface area contributed by atoms with E-state index in [9.17, 15) is 0 Å². The van der Waals surface area contributed by atoms with Gasteiger partial charge in [0.2, 0.25) is 0 Å². The van der Waals surface area contributed by atoms with E-state index in [-0.39, 0.29) is 11.9 Å². The van der Waals surface area contributed by atoms with Crippen molar-refractivity contribution in [3.63, 3.8) is 0 Å². The molecule has 90 valence electrons. The van der Waals surface area contributed by atoms with Crippen molar-refractivity contribution in [1.82, 2.24) is 10.5 Å². The predicted molar refractivity (Wildman–Crippen MR) is 60.3 cm³/mol. The van der Waals surface area contributed by atoms with Crippen LogP contribution >= 0.6 is 0 Å². The molecular weight excluding hydrogens is 208 g/mol. The summed E-state index contributed by atoms with van der Waals surface area (Å²) in [5.74, 6) is 1.04. The van der Waals surface area contributed by atoms with Gasteiger partial charge in [0.05, 0.1) is 5.69 Å². The Balaban J connectivity index is 2.46. The van der Waals surface area contributed by atoms with Gasteiger partial charge in [0.15, 0.2) is 0 Å². The van der Waals surface area contributed by atoms with Crippen molar-refractivity contribution in [2.45, 2.75) is 39.8 Å². The summed E-state index contributed by atoms with van der Waals surface area (Å²) in [6.07, 6.45) is 0.500. The van der Waals surface area contributed by atoms with Crippen LogP contribution in [0.4, 0.5) is 0 Å². The second-order valence-corrected chi connectivity index (χ2v) is 3.88. The van der Waals surface area contributed by atoms with Gasteiger partial charge in [-0.25, -0.2) is 0 Å². The number of nitrogens with two attached hydrogens (primary N) is 1. The summed E-state index contributed by atoms with van der Waals surface area (Å²) in [7, 11) is 0. The summed E-state index contributed by atoms with van der Waals surface area (Å²) in [5, 5.41) is 18.5. The van der Waals surface area contributed by atoms with Crippen molar-refractivity contribution in [2.24, 2.45) is 10.9 Å². The Morgan fingerprint density at radius 3 is 2.81 bits per heavy atom. The Labute approximate surface area is 94.5 Å². The zero-order valence-electron chi connectivity index (χ0n) is 9.82. The first-order valence-electron chi connectivity index (χ1n) is 5.16. The highest BCUT2D eigenvalue weighted by atomic mass is 16.5. The van der Waals surface area contributed by atoms with Crippen molar-refractivity contribution in [3.05, 3.63) is 17.0 Å². The van der Waals surface area contributed by atoms with E-state index in [0.717, 1.165) is 17.0 Å². The molecule has 6 heteroatoms. The summed E-state index contributed by atoms with van der Waals surface area (Å²) in [4.78, 5) is 0. The summed E-state index contributed by atoms with van der Waals surface area (Å²) < 4.78 is 5.05. The maximum Gasteiger partial charge on any atom is 0.140 e. The molecule has 0 aliphatic carbocycles. The van der Waals surface area contributed by atoms with Gasteiger partial charge in [-0.15, -0.1) is 0 Å². The van der Waals surface area contributed by atoms with E-state index in [1.54, 1.807) is 0 Å². The van der Waals surface area contributed by atoms with Crippen LogP contribution in [0.2, 0.25) is 0 Å². The second-order valence-electron chi connectivity index (χ2n) is 3.88. The molecule has 6 nitrogen and oxygen atoms in total. The maximum atomic E-state index is 8.43. The minimum absolute atomic E-state index is 0.129. The van der Waals surface area contributed by atoms with Gasteiger partial charge in [0, 0.05) is 24.6 Å². The number of oxime groups is 1. The molecule has 0 saturated carbocycles. The average molecular weight is 226 g/mol. The number of aromatic nitrogens is 1. The fourth-order valence-electron chi connectivity index (χ4n) is 1.46. The van der Waals surface area contributed by atoms with Crippen LogP contribution in [0.3, 0.4) is 0 Å². The molecule has 4 N–H and O–H groups in total. The Morgan fingerprint density at radius 1 is 1.62 bits per heavy atom. The van der Waals surface area contributed by atoms with Crippen LogP contribution in [0.25, 0.3) is 0 Å². The fourth-order valence-corrected chi connectivity index (χ4v) is 1.46. The van der Waals surface area contributed by atoms with Crippen molar-refractivity contribution >= 4 is 5.84 Å². The zero-order valence-corrected chi connectivity index (χ0v) is 9.82. The minimum Gasteiger partial charge on any atom is -0.409 e. The predicted octanol–water partition coefficient (Wildman–Crippen LogP) is 0.906. The largest absolute Gasteiger partial charge is 0.409 e. The van der Waals surface area contributed by atoms with Crippen molar-refractivity contribution < 1.29 is 9.73 Å². The van der Waals surface area contributed by atoms with Crippen molar-refractivity contribution in [2.75, 3.05) is 0 Å². The van der Waals surface area contributed by atoms with E-state index in [4.69, 9.17) is 15.5 Å². The van der Waals surface area contributed by atoms with Gasteiger partial charge in [-0.2, -0.15) is 0 Å². The minimum atomic E-state index is 0.129. The molecule has 0 aliphatic heterocycles. The number of hydrogen-bond donors (Lipinski definition) is 3. The fraction of sp³-hybridized carbons (Fsp3) is 0.600. The molecule has 0 radical (unpaired) electrons. The highest BCUT2D eigenvalue weighted by Crippen LogP contribution is 2.11. The summed E-state index contributed by atoms with van der Waals surface area (Å²) in [5.41, 5.74) is 7.36. The van der Waals surface area contributed by atoms with E-state index < -0.39 is 0 Å². The SMILES string of the molecule is Cc1noc(C)c1CNC(C)CC(N)=NO. The van der Waals surface area contributed by atoms with Crippen LogP contribution in [0.1, 0.15) is 30.4 Å². The molecule has 0 aromatic carbocycles. The molecule has 0 fully saturated rings. The van der Waals surface area contributed by atoms with Crippen molar-refractivity contribution in [1.29, 1.82) is 0 Å². The summed E-state index contributed by atoms with van der Waals surface area (Å²) in [6, 6.07) is 0.129. The number of nitrogens with one attached hydrogen (secondary N) is 1. The van der Waals surface area contributed by atoms with Gasteiger partial charge in [-0.1, -0.05) is 10.3 Å². The summed E-state index contributed by atoms with van der Waals surface area (Å²) in [6.45, 7) is 6.42. The van der Waals surface area contributed by atoms with Crippen LogP contribution in [-0.4, -0.2) is 22.2 Å². The second kappa shape index (κ2) is 5.50. The lowest BCUT2D eigenvalue weighted by Gasteiger charge is -2.12. The lowest BCUT2D eigenvalue weighted by atomic mass is 10.1. The van der Waals surface area contributed by atoms with Crippen LogP contribution in [0.5, 0.6) is 0 Å². The number of hydrogen-bond acceptors (Lipinski definition) is 5. The monoisotopic (exact) mass is 226 g/mol. The van der Waals surface area contributed by atoms with Gasteiger partial charge in [-0.05, 0) is 20.8 Å². The molecule has 1 rings (SSSR count). The first kappa shape index (κ1) is 12.5. The molecule has 1 aromatic heterocycles. The average Bonchev–Trinajstić information content (AvgIpc) is 2.56. The lowest BCUT2D eigenvalue weighted by Crippen LogP contribution is -2.30. The van der Waals surface area contributed by atoms with E-state index in [1.807, 2.05) is 20.8 Å². The molecule has 0 bridgehead atoms. The number of nitrogens with zero attached hydrogens (tertiary/aromatic N) is 2. The standard InChI is InChI=1S/C10H18N4O2/c1-6(4-10(11)13-15)12-5-9-7(2)14-16-8(9)3/h6,12,15H,4-5H2,1-3H3,(H2,11,13). The Kier molecular flexibility index (Phi) is 4.30. The first-order chi connectivity index (χ1) is 7.54. The van der Waals surface area contributed by atoms with E-state index >= 15 is 0 Å². The van der Waals surface area contributed by atoms with Crippen LogP contribution in [0, 0.1) is 13.8 Å². The lowest BCUT2D eigenvalue weighted by molar-refractivity contribution is 0.315. The van der Waals surface area contributed by atoms with E-state index in [2.05, 4.69) is 15.6 Å². The van der Waals surface area contributed by atoms with E-state index in [0.29, 0.717) is 13.0 Å². The van der Waals surface area contributed by atoms with Crippen LogP contribution in [0.15, 0.2) is 9.68 Å². The molecule has 1 heterocycles. The molecule has 16 heavy (non-hydrogen) atoms. The molecule has 0 spiro atoms. The Morgan fingerprint density at radius 2 is 2.31 bits per heavy atom. The van der Waals surface area contributed by atoms with Gasteiger partial charge in [0.25, 0.3) is 0 Å². The molecule has 1 unspecified atom stereocenters. The van der Waals surface area contributed by atoms with Gasteiger partial charge in [-0.3, -0.25) is 0 Å². The first-order valence-corrected chi connectivity index (χ1v) is 5.16. The number of aryl methyl sites for hydroxylation is 2. The molecule has 0 amide bonds. The normalized spacial score (nSPS) is 14.1. The molecular formula is C10H18N4O2. The smallest absolute Gasteiger partial charge is 0.140 e. The van der Waals surface area contributed by atoms with Crippen molar-refractivity contribution in [3.8, 4) is 0 Å². The van der Waals surface area contributed by atoms with Crippen LogP contribution in [-0.2, 0) is 6.54 Å². The van der Waals surface area contributed by atoms with Gasteiger partial charge < -0.3 is 20.8 Å². The third kappa shape index (κ3) is 3.23. The van der Waals surface area contributed by atoms with E-state index in [1.165, 1.54) is 0 Å². The highest BCUT2D eigenvalue weighted by Gasteiger charge is 2.10. The third-order valence-electron chi connectivity index (χ3n) is 2.45. The summed E-state index contributed by atoms with van der Waals surface area (Å²) >= 11 is 0. The quantitative estimate of drug-likeness (QED) is 0.300. The van der Waals surface area contributed by atoms with Crippen LogP contribution < -0.4 is 11.1 Å². The van der Waals surface area contributed by atoms with Gasteiger partial charge in [0.1, 0.15) is 11.6 Å². The number of rotatable bonds is 5. The maximum absolute atomic E-state index is 8.43. The Bertz CT molecular complexity index is 353. The third-order valence-corrected chi connectivity index (χ3v) is 2.45. The van der Waals surface area contributed by atoms with Gasteiger partial charge >= 0.3 is 0 Å².